The Morgan fingerprint density at radius 2 is 2.03 bits per heavy atom. The van der Waals surface area contributed by atoms with Crippen LogP contribution in [-0.2, 0) is 16.1 Å². The number of likely N-dealkylation sites (tertiary alicyclic amines) is 1. The summed E-state index contributed by atoms with van der Waals surface area (Å²) in [5, 5.41) is 4.14. The lowest BCUT2D eigenvalue weighted by Gasteiger charge is -2.33. The van der Waals surface area contributed by atoms with Gasteiger partial charge in [-0.15, -0.1) is 0 Å². The number of hydrogen-bond acceptors (Lipinski definition) is 5. The summed E-state index contributed by atoms with van der Waals surface area (Å²) in [6, 6.07) is 17.6. The Morgan fingerprint density at radius 1 is 1.17 bits per heavy atom. The molecule has 1 saturated heterocycles. The molecule has 2 aromatic carbocycles. The molecule has 1 aliphatic heterocycles. The molecule has 0 aliphatic carbocycles. The summed E-state index contributed by atoms with van der Waals surface area (Å²) in [5.41, 5.74) is 3.11. The molecular weight excluding hydrogens is 366 g/mol. The highest BCUT2D eigenvalue weighted by Crippen LogP contribution is 2.31. The van der Waals surface area contributed by atoms with Crippen LogP contribution in [0.1, 0.15) is 42.3 Å². The minimum Gasteiger partial charge on any atom is -0.367 e. The normalized spacial score (nSPS) is 16.7. The van der Waals surface area contributed by atoms with Crippen molar-refractivity contribution in [3.8, 4) is 11.4 Å². The number of nitrogens with zero attached hydrogens (tertiary/aromatic N) is 3. The predicted molar refractivity (Wildman–Crippen MR) is 109 cm³/mol. The predicted octanol–water partition coefficient (Wildman–Crippen LogP) is 4.32. The second-order valence-corrected chi connectivity index (χ2v) is 7.40. The van der Waals surface area contributed by atoms with Crippen LogP contribution in [0.2, 0.25) is 0 Å². The van der Waals surface area contributed by atoms with Crippen molar-refractivity contribution in [2.75, 3.05) is 13.2 Å². The van der Waals surface area contributed by atoms with Crippen molar-refractivity contribution >= 4 is 5.91 Å². The largest absolute Gasteiger partial charge is 0.367 e. The van der Waals surface area contributed by atoms with E-state index in [-0.39, 0.29) is 18.6 Å². The summed E-state index contributed by atoms with van der Waals surface area (Å²) in [6.07, 6.45) is 2.82. The Morgan fingerprint density at radius 3 is 2.86 bits per heavy atom. The quantitative estimate of drug-likeness (QED) is 0.626. The average Bonchev–Trinajstić information content (AvgIpc) is 3.25. The molecule has 29 heavy (non-hydrogen) atoms. The van der Waals surface area contributed by atoms with E-state index in [9.17, 15) is 4.79 Å². The fourth-order valence-corrected chi connectivity index (χ4v) is 3.67. The second-order valence-electron chi connectivity index (χ2n) is 7.40. The first-order valence-electron chi connectivity index (χ1n) is 10.0. The van der Waals surface area contributed by atoms with Gasteiger partial charge in [0.1, 0.15) is 12.6 Å². The molecule has 1 amide bonds. The molecular formula is C23H25N3O3. The van der Waals surface area contributed by atoms with E-state index in [0.29, 0.717) is 24.9 Å². The summed E-state index contributed by atoms with van der Waals surface area (Å²) in [5.74, 6) is 1.01. The van der Waals surface area contributed by atoms with Crippen molar-refractivity contribution in [1.82, 2.24) is 15.0 Å². The van der Waals surface area contributed by atoms with Crippen LogP contribution in [0.15, 0.2) is 59.1 Å². The Hall–Kier alpha value is -2.99. The van der Waals surface area contributed by atoms with Gasteiger partial charge in [0.2, 0.25) is 17.6 Å². The van der Waals surface area contributed by atoms with Gasteiger partial charge in [-0.1, -0.05) is 59.3 Å². The van der Waals surface area contributed by atoms with Crippen LogP contribution in [0.25, 0.3) is 11.4 Å². The molecule has 0 spiro atoms. The van der Waals surface area contributed by atoms with E-state index in [4.69, 9.17) is 9.26 Å². The van der Waals surface area contributed by atoms with E-state index < -0.39 is 0 Å². The van der Waals surface area contributed by atoms with Crippen molar-refractivity contribution in [1.29, 1.82) is 0 Å². The number of hydrogen-bond donors (Lipinski definition) is 0. The fourth-order valence-electron chi connectivity index (χ4n) is 3.67. The van der Waals surface area contributed by atoms with Crippen molar-refractivity contribution < 1.29 is 14.1 Å². The average molecular weight is 391 g/mol. The molecule has 0 radical (unpaired) electrons. The SMILES string of the molecule is Cc1cccc(-c2noc(C3CCCCN3C(=O)COCc3ccccc3)n2)c1. The summed E-state index contributed by atoms with van der Waals surface area (Å²) in [6.45, 7) is 3.18. The van der Waals surface area contributed by atoms with Gasteiger partial charge in [0.15, 0.2) is 0 Å². The van der Waals surface area contributed by atoms with E-state index in [1.165, 1.54) is 0 Å². The smallest absolute Gasteiger partial charge is 0.249 e. The van der Waals surface area contributed by atoms with E-state index in [1.54, 1.807) is 0 Å². The van der Waals surface area contributed by atoms with Crippen molar-refractivity contribution in [3.63, 3.8) is 0 Å². The zero-order valence-electron chi connectivity index (χ0n) is 16.6. The maximum absolute atomic E-state index is 12.8. The minimum absolute atomic E-state index is 0.0408. The molecule has 1 unspecified atom stereocenters. The van der Waals surface area contributed by atoms with Crippen molar-refractivity contribution in [2.24, 2.45) is 0 Å². The third-order valence-electron chi connectivity index (χ3n) is 5.16. The molecule has 1 aliphatic rings. The molecule has 0 N–H and O–H groups in total. The highest BCUT2D eigenvalue weighted by Gasteiger charge is 2.32. The molecule has 150 valence electrons. The lowest BCUT2D eigenvalue weighted by atomic mass is 10.0. The number of benzene rings is 2. The van der Waals surface area contributed by atoms with Crippen LogP contribution < -0.4 is 0 Å². The molecule has 0 saturated carbocycles. The number of amides is 1. The maximum atomic E-state index is 12.8. The number of ether oxygens (including phenoxy) is 1. The summed E-state index contributed by atoms with van der Waals surface area (Å²) in [4.78, 5) is 19.2. The van der Waals surface area contributed by atoms with Gasteiger partial charge >= 0.3 is 0 Å². The van der Waals surface area contributed by atoms with Gasteiger partial charge in [0.05, 0.1) is 6.61 Å². The van der Waals surface area contributed by atoms with Crippen LogP contribution in [-0.4, -0.2) is 34.1 Å². The standard InChI is InChI=1S/C23H25N3O3/c1-17-8-7-11-19(14-17)22-24-23(29-25-22)20-12-5-6-13-26(20)21(27)16-28-15-18-9-3-2-4-10-18/h2-4,7-11,14,20H,5-6,12-13,15-16H2,1H3. The molecule has 1 fully saturated rings. The lowest BCUT2D eigenvalue weighted by Crippen LogP contribution is -2.40. The van der Waals surface area contributed by atoms with Crippen LogP contribution in [0.3, 0.4) is 0 Å². The van der Waals surface area contributed by atoms with Gasteiger partial charge in [0.25, 0.3) is 0 Å². The molecule has 3 aromatic rings. The molecule has 6 heteroatoms. The van der Waals surface area contributed by atoms with Gasteiger partial charge in [-0.25, -0.2) is 0 Å². The molecule has 6 nitrogen and oxygen atoms in total. The molecule has 0 bridgehead atoms. The first kappa shape index (κ1) is 19.3. The van der Waals surface area contributed by atoms with Gasteiger partial charge in [-0.2, -0.15) is 4.98 Å². The number of rotatable bonds is 6. The molecule has 1 atom stereocenters. The number of aryl methyl sites for hydroxylation is 1. The Labute approximate surface area is 170 Å². The monoisotopic (exact) mass is 391 g/mol. The topological polar surface area (TPSA) is 68.5 Å². The van der Waals surface area contributed by atoms with Crippen LogP contribution >= 0.6 is 0 Å². The van der Waals surface area contributed by atoms with Crippen molar-refractivity contribution in [3.05, 3.63) is 71.6 Å². The third kappa shape index (κ3) is 4.71. The van der Waals surface area contributed by atoms with Gasteiger partial charge in [-0.3, -0.25) is 4.79 Å². The van der Waals surface area contributed by atoms with E-state index in [0.717, 1.165) is 36.0 Å². The molecule has 1 aromatic heterocycles. The van der Waals surface area contributed by atoms with E-state index in [2.05, 4.69) is 10.1 Å². The Bertz CT molecular complexity index is 955. The zero-order chi connectivity index (χ0) is 20.1. The van der Waals surface area contributed by atoms with Crippen molar-refractivity contribution in [2.45, 2.75) is 38.8 Å². The first-order chi connectivity index (χ1) is 14.2. The van der Waals surface area contributed by atoms with Gasteiger partial charge in [0, 0.05) is 12.1 Å². The number of carbonyl (C=O) groups excluding carboxylic acids is 1. The number of piperidine rings is 1. The summed E-state index contributed by atoms with van der Waals surface area (Å²) < 4.78 is 11.2. The first-order valence-corrected chi connectivity index (χ1v) is 10.0. The Kier molecular flexibility index (Phi) is 6.00. The minimum atomic E-state index is -0.192. The Balaban J connectivity index is 1.43. The third-order valence-corrected chi connectivity index (χ3v) is 5.16. The van der Waals surface area contributed by atoms with E-state index >= 15 is 0 Å². The fraction of sp³-hybridized carbons (Fsp3) is 0.348. The van der Waals surface area contributed by atoms with Crippen LogP contribution in [0.5, 0.6) is 0 Å². The van der Waals surface area contributed by atoms with Gasteiger partial charge < -0.3 is 14.2 Å². The van der Waals surface area contributed by atoms with Gasteiger partial charge in [-0.05, 0) is 37.8 Å². The molecule has 2 heterocycles. The summed E-state index contributed by atoms with van der Waals surface area (Å²) in [7, 11) is 0. The molecule has 4 rings (SSSR count). The number of aromatic nitrogens is 2. The van der Waals surface area contributed by atoms with Crippen LogP contribution in [0, 0.1) is 6.92 Å². The zero-order valence-corrected chi connectivity index (χ0v) is 16.6. The lowest BCUT2D eigenvalue weighted by molar-refractivity contribution is -0.141. The highest BCUT2D eigenvalue weighted by atomic mass is 16.5. The van der Waals surface area contributed by atoms with E-state index in [1.807, 2.05) is 66.4 Å². The highest BCUT2D eigenvalue weighted by molar-refractivity contribution is 5.78. The summed E-state index contributed by atoms with van der Waals surface area (Å²) >= 11 is 0. The van der Waals surface area contributed by atoms with Crippen LogP contribution in [0.4, 0.5) is 0 Å². The number of carbonyl (C=O) groups is 1. The maximum Gasteiger partial charge on any atom is 0.249 e. The second kappa shape index (κ2) is 9.01.